The molecule has 18 heavy (non-hydrogen) atoms. The normalized spacial score (nSPS) is 14.7. The number of aryl methyl sites for hydroxylation is 1. The summed E-state index contributed by atoms with van der Waals surface area (Å²) in [5.41, 5.74) is 2.47. The van der Waals surface area contributed by atoms with Crippen molar-refractivity contribution in [1.82, 2.24) is 9.55 Å². The Kier molecular flexibility index (Phi) is 3.05. The van der Waals surface area contributed by atoms with Crippen LogP contribution in [0.3, 0.4) is 0 Å². The molecule has 1 aliphatic carbocycles. The van der Waals surface area contributed by atoms with E-state index in [0.717, 1.165) is 12.2 Å². The van der Waals surface area contributed by atoms with Crippen molar-refractivity contribution in [3.05, 3.63) is 48.0 Å². The molecule has 0 N–H and O–H groups in total. The number of ether oxygens (including phenoxy) is 1. The standard InChI is InChI=1S/C15H18N2O/c1-2-12-4-3-5-15(8-12)18-10-14-9-16-11-17(14)13-6-7-13/h3-5,8-9,11,13H,2,6-7,10H2,1H3. The first-order valence-corrected chi connectivity index (χ1v) is 6.59. The first-order chi connectivity index (χ1) is 8.86. The number of imidazole rings is 1. The molecule has 1 aromatic heterocycles. The van der Waals surface area contributed by atoms with Gasteiger partial charge in [0, 0.05) is 6.04 Å². The van der Waals surface area contributed by atoms with Crippen LogP contribution in [0.15, 0.2) is 36.8 Å². The molecule has 1 saturated carbocycles. The third kappa shape index (κ3) is 2.40. The average Bonchev–Trinajstić information content (AvgIpc) is 3.15. The van der Waals surface area contributed by atoms with Gasteiger partial charge in [0.15, 0.2) is 0 Å². The number of hydrogen-bond donors (Lipinski definition) is 0. The van der Waals surface area contributed by atoms with Crippen LogP contribution in [0.1, 0.15) is 37.1 Å². The van der Waals surface area contributed by atoms with Crippen molar-refractivity contribution in [3.63, 3.8) is 0 Å². The average molecular weight is 242 g/mol. The molecular weight excluding hydrogens is 224 g/mol. The van der Waals surface area contributed by atoms with E-state index in [0.29, 0.717) is 12.6 Å². The zero-order valence-electron chi connectivity index (χ0n) is 10.7. The van der Waals surface area contributed by atoms with E-state index in [-0.39, 0.29) is 0 Å². The van der Waals surface area contributed by atoms with Crippen molar-refractivity contribution >= 4 is 0 Å². The smallest absolute Gasteiger partial charge is 0.130 e. The fourth-order valence-corrected chi connectivity index (χ4v) is 2.14. The van der Waals surface area contributed by atoms with Gasteiger partial charge in [-0.1, -0.05) is 19.1 Å². The van der Waals surface area contributed by atoms with E-state index in [1.807, 2.05) is 24.7 Å². The number of rotatable bonds is 5. The van der Waals surface area contributed by atoms with Gasteiger partial charge >= 0.3 is 0 Å². The number of nitrogens with zero attached hydrogens (tertiary/aromatic N) is 2. The maximum absolute atomic E-state index is 5.85. The third-order valence-electron chi connectivity index (χ3n) is 3.38. The highest BCUT2D eigenvalue weighted by atomic mass is 16.5. The lowest BCUT2D eigenvalue weighted by atomic mass is 10.2. The summed E-state index contributed by atoms with van der Waals surface area (Å²) < 4.78 is 8.09. The fraction of sp³-hybridized carbons (Fsp3) is 0.400. The van der Waals surface area contributed by atoms with Crippen LogP contribution in [-0.4, -0.2) is 9.55 Å². The second-order valence-corrected chi connectivity index (χ2v) is 4.81. The molecular formula is C15H18N2O. The molecule has 1 aliphatic rings. The molecule has 0 unspecified atom stereocenters. The van der Waals surface area contributed by atoms with Crippen LogP contribution in [0.25, 0.3) is 0 Å². The van der Waals surface area contributed by atoms with E-state index >= 15 is 0 Å². The van der Waals surface area contributed by atoms with Crippen LogP contribution in [0.2, 0.25) is 0 Å². The Hall–Kier alpha value is -1.77. The predicted octanol–water partition coefficient (Wildman–Crippen LogP) is 3.36. The molecule has 0 radical (unpaired) electrons. The Morgan fingerprint density at radius 1 is 1.39 bits per heavy atom. The maximum Gasteiger partial charge on any atom is 0.130 e. The van der Waals surface area contributed by atoms with E-state index in [1.54, 1.807) is 0 Å². The Bertz CT molecular complexity index is 529. The van der Waals surface area contributed by atoms with Gasteiger partial charge in [-0.05, 0) is 37.0 Å². The van der Waals surface area contributed by atoms with Crippen molar-refractivity contribution in [3.8, 4) is 5.75 Å². The van der Waals surface area contributed by atoms with Gasteiger partial charge in [-0.15, -0.1) is 0 Å². The monoisotopic (exact) mass is 242 g/mol. The van der Waals surface area contributed by atoms with Crippen molar-refractivity contribution in [2.45, 2.75) is 38.8 Å². The van der Waals surface area contributed by atoms with E-state index in [2.05, 4.69) is 28.6 Å². The Balaban J connectivity index is 1.67. The number of aromatic nitrogens is 2. The lowest BCUT2D eigenvalue weighted by Gasteiger charge is -2.09. The van der Waals surface area contributed by atoms with Crippen LogP contribution in [0.4, 0.5) is 0 Å². The lowest BCUT2D eigenvalue weighted by molar-refractivity contribution is 0.294. The quantitative estimate of drug-likeness (QED) is 0.804. The molecule has 3 rings (SSSR count). The van der Waals surface area contributed by atoms with Crippen molar-refractivity contribution in [2.75, 3.05) is 0 Å². The first-order valence-electron chi connectivity index (χ1n) is 6.59. The molecule has 0 spiro atoms. The summed E-state index contributed by atoms with van der Waals surface area (Å²) in [6.07, 6.45) is 7.40. The van der Waals surface area contributed by atoms with E-state index in [4.69, 9.17) is 4.74 Å². The highest BCUT2D eigenvalue weighted by Gasteiger charge is 2.25. The molecule has 3 nitrogen and oxygen atoms in total. The van der Waals surface area contributed by atoms with Gasteiger partial charge in [0.25, 0.3) is 0 Å². The van der Waals surface area contributed by atoms with Gasteiger partial charge in [-0.3, -0.25) is 0 Å². The molecule has 94 valence electrons. The molecule has 1 fully saturated rings. The number of benzene rings is 1. The second kappa shape index (κ2) is 4.84. The SMILES string of the molecule is CCc1cccc(OCc2cncn2C2CC2)c1. The zero-order valence-corrected chi connectivity index (χ0v) is 10.7. The first kappa shape index (κ1) is 11.3. The number of hydrogen-bond acceptors (Lipinski definition) is 2. The topological polar surface area (TPSA) is 27.1 Å². The molecule has 0 saturated heterocycles. The van der Waals surface area contributed by atoms with Crippen LogP contribution >= 0.6 is 0 Å². The van der Waals surface area contributed by atoms with Gasteiger partial charge in [-0.25, -0.2) is 4.98 Å². The molecule has 0 bridgehead atoms. The molecule has 0 amide bonds. The summed E-state index contributed by atoms with van der Waals surface area (Å²) in [6, 6.07) is 8.95. The molecule has 1 heterocycles. The van der Waals surface area contributed by atoms with Crippen LogP contribution in [0, 0.1) is 0 Å². The summed E-state index contributed by atoms with van der Waals surface area (Å²) in [7, 11) is 0. The zero-order chi connectivity index (χ0) is 12.4. The van der Waals surface area contributed by atoms with Gasteiger partial charge < -0.3 is 9.30 Å². The van der Waals surface area contributed by atoms with Crippen LogP contribution in [-0.2, 0) is 13.0 Å². The molecule has 3 heteroatoms. The van der Waals surface area contributed by atoms with E-state index < -0.39 is 0 Å². The van der Waals surface area contributed by atoms with Gasteiger partial charge in [0.05, 0.1) is 18.2 Å². The maximum atomic E-state index is 5.85. The highest BCUT2D eigenvalue weighted by molar-refractivity contribution is 5.28. The largest absolute Gasteiger partial charge is 0.487 e. The minimum Gasteiger partial charge on any atom is -0.487 e. The summed E-state index contributed by atoms with van der Waals surface area (Å²) in [4.78, 5) is 4.21. The summed E-state index contributed by atoms with van der Waals surface area (Å²) in [5, 5.41) is 0. The van der Waals surface area contributed by atoms with E-state index in [9.17, 15) is 0 Å². The summed E-state index contributed by atoms with van der Waals surface area (Å²) in [5.74, 6) is 0.942. The van der Waals surface area contributed by atoms with Crippen molar-refractivity contribution in [1.29, 1.82) is 0 Å². The predicted molar refractivity (Wildman–Crippen MR) is 70.7 cm³/mol. The molecule has 0 aliphatic heterocycles. The Morgan fingerprint density at radius 3 is 3.06 bits per heavy atom. The van der Waals surface area contributed by atoms with Gasteiger partial charge in [0.1, 0.15) is 12.4 Å². The minimum absolute atomic E-state index is 0.601. The highest BCUT2D eigenvalue weighted by Crippen LogP contribution is 2.35. The van der Waals surface area contributed by atoms with E-state index in [1.165, 1.54) is 24.1 Å². The fourth-order valence-electron chi connectivity index (χ4n) is 2.14. The second-order valence-electron chi connectivity index (χ2n) is 4.81. The summed E-state index contributed by atoms with van der Waals surface area (Å²) >= 11 is 0. The molecule has 0 atom stereocenters. The van der Waals surface area contributed by atoms with Crippen LogP contribution in [0.5, 0.6) is 5.75 Å². The van der Waals surface area contributed by atoms with Crippen molar-refractivity contribution < 1.29 is 4.74 Å². The van der Waals surface area contributed by atoms with Gasteiger partial charge in [0.2, 0.25) is 0 Å². The third-order valence-corrected chi connectivity index (χ3v) is 3.38. The molecule has 1 aromatic carbocycles. The Labute approximate surface area is 107 Å². The minimum atomic E-state index is 0.601. The van der Waals surface area contributed by atoms with Gasteiger partial charge in [-0.2, -0.15) is 0 Å². The molecule has 2 aromatic rings. The summed E-state index contributed by atoms with van der Waals surface area (Å²) in [6.45, 7) is 2.75. The lowest BCUT2D eigenvalue weighted by Crippen LogP contribution is -2.03. The Morgan fingerprint density at radius 2 is 2.28 bits per heavy atom. The van der Waals surface area contributed by atoms with Crippen molar-refractivity contribution in [2.24, 2.45) is 0 Å². The van der Waals surface area contributed by atoms with Crippen LogP contribution < -0.4 is 4.74 Å².